The van der Waals surface area contributed by atoms with E-state index in [1.807, 2.05) is 37.3 Å². The lowest BCUT2D eigenvalue weighted by Gasteiger charge is -2.12. The van der Waals surface area contributed by atoms with E-state index in [0.717, 1.165) is 12.2 Å². The van der Waals surface area contributed by atoms with E-state index in [2.05, 4.69) is 25.3 Å². The highest BCUT2D eigenvalue weighted by molar-refractivity contribution is 14.0. The number of ether oxygens (including phenoxy) is 1. The third kappa shape index (κ3) is 9.90. The maximum Gasteiger partial charge on any atom is 0.242 e. The fourth-order valence-corrected chi connectivity index (χ4v) is 3.25. The van der Waals surface area contributed by atoms with E-state index >= 15 is 0 Å². The van der Waals surface area contributed by atoms with Crippen LogP contribution in [0.15, 0.2) is 64.7 Å². The number of sulfonamides is 1. The third-order valence-corrected chi connectivity index (χ3v) is 5.03. The van der Waals surface area contributed by atoms with Crippen LogP contribution in [-0.4, -0.2) is 52.1 Å². The lowest BCUT2D eigenvalue weighted by molar-refractivity contribution is 0.313. The predicted molar refractivity (Wildman–Crippen MR) is 125 cm³/mol. The van der Waals surface area contributed by atoms with Gasteiger partial charge in [-0.2, -0.15) is 0 Å². The Hall–Kier alpha value is -1.92. The van der Waals surface area contributed by atoms with Crippen molar-refractivity contribution < 1.29 is 13.2 Å². The van der Waals surface area contributed by atoms with Gasteiger partial charge >= 0.3 is 0 Å². The molecule has 0 fully saturated rings. The highest BCUT2D eigenvalue weighted by Crippen LogP contribution is 2.08. The minimum atomic E-state index is -3.55. The summed E-state index contributed by atoms with van der Waals surface area (Å²) in [5.74, 6) is 1.49. The molecule has 1 aromatic carbocycles. The average molecular weight is 533 g/mol. The summed E-state index contributed by atoms with van der Waals surface area (Å²) < 4.78 is 32.4. The van der Waals surface area contributed by atoms with E-state index in [9.17, 15) is 8.42 Å². The standard InChI is InChI=1S/C19H27N5O3S.HI/c1-2-21-19(22-12-7-15-27-17-8-4-3-5-9-17)23-13-14-24-28(25,26)18-10-6-11-20-16-18;/h3-6,8-11,16,24H,2,7,12-15H2,1H3,(H2,21,22,23);1H. The monoisotopic (exact) mass is 533 g/mol. The molecule has 0 aliphatic heterocycles. The molecule has 1 heterocycles. The molecule has 0 bridgehead atoms. The van der Waals surface area contributed by atoms with Crippen LogP contribution in [0.1, 0.15) is 13.3 Å². The van der Waals surface area contributed by atoms with Crippen molar-refractivity contribution in [3.63, 3.8) is 0 Å². The van der Waals surface area contributed by atoms with Gasteiger partial charge in [0.15, 0.2) is 5.96 Å². The number of halogens is 1. The zero-order valence-electron chi connectivity index (χ0n) is 16.4. The van der Waals surface area contributed by atoms with Crippen molar-refractivity contribution in [2.45, 2.75) is 18.2 Å². The zero-order valence-corrected chi connectivity index (χ0v) is 19.5. The summed E-state index contributed by atoms with van der Waals surface area (Å²) in [5.41, 5.74) is 0. The molecule has 160 valence electrons. The summed E-state index contributed by atoms with van der Waals surface area (Å²) in [6.45, 7) is 4.51. The summed E-state index contributed by atoms with van der Waals surface area (Å²) in [6, 6.07) is 12.7. The van der Waals surface area contributed by atoms with E-state index in [0.29, 0.717) is 32.2 Å². The van der Waals surface area contributed by atoms with Crippen molar-refractivity contribution >= 4 is 40.0 Å². The minimum Gasteiger partial charge on any atom is -0.494 e. The second kappa shape index (κ2) is 14.1. The molecule has 0 amide bonds. The number of aromatic nitrogens is 1. The minimum absolute atomic E-state index is 0. The van der Waals surface area contributed by atoms with Gasteiger partial charge in [-0.15, -0.1) is 24.0 Å². The second-order valence-electron chi connectivity index (χ2n) is 5.79. The number of nitrogens with zero attached hydrogens (tertiary/aromatic N) is 2. The summed E-state index contributed by atoms with van der Waals surface area (Å²) >= 11 is 0. The summed E-state index contributed by atoms with van der Waals surface area (Å²) in [6.07, 6.45) is 3.63. The smallest absolute Gasteiger partial charge is 0.242 e. The number of guanidine groups is 1. The molecule has 0 unspecified atom stereocenters. The van der Waals surface area contributed by atoms with Gasteiger partial charge in [-0.05, 0) is 31.2 Å². The number of nitrogens with one attached hydrogen (secondary N) is 3. The molecule has 0 aliphatic carbocycles. The Morgan fingerprint density at radius 3 is 2.59 bits per heavy atom. The number of benzene rings is 1. The van der Waals surface area contributed by atoms with Crippen LogP contribution in [0.5, 0.6) is 5.75 Å². The first-order valence-electron chi connectivity index (χ1n) is 9.21. The van der Waals surface area contributed by atoms with Gasteiger partial charge in [-0.1, -0.05) is 18.2 Å². The van der Waals surface area contributed by atoms with Crippen LogP contribution >= 0.6 is 24.0 Å². The van der Waals surface area contributed by atoms with Gasteiger partial charge in [0.05, 0.1) is 6.61 Å². The van der Waals surface area contributed by atoms with Crippen LogP contribution in [0.2, 0.25) is 0 Å². The Kier molecular flexibility index (Phi) is 12.2. The van der Waals surface area contributed by atoms with Crippen molar-refractivity contribution in [2.75, 3.05) is 32.8 Å². The molecule has 0 saturated heterocycles. The topological polar surface area (TPSA) is 105 Å². The molecular weight excluding hydrogens is 505 g/mol. The first-order chi connectivity index (χ1) is 13.6. The fourth-order valence-electron chi connectivity index (χ4n) is 2.26. The molecule has 8 nitrogen and oxygen atoms in total. The normalized spacial score (nSPS) is 11.4. The Balaban J connectivity index is 0.00000420. The highest BCUT2D eigenvalue weighted by Gasteiger charge is 2.12. The SMILES string of the molecule is CCNC(=NCCCOc1ccccc1)NCCNS(=O)(=O)c1cccnc1.I. The van der Waals surface area contributed by atoms with E-state index in [1.54, 1.807) is 6.07 Å². The number of pyridine rings is 1. The first kappa shape index (κ1) is 25.1. The fraction of sp³-hybridized carbons (Fsp3) is 0.368. The van der Waals surface area contributed by atoms with Gasteiger partial charge in [0.2, 0.25) is 10.0 Å². The lowest BCUT2D eigenvalue weighted by atomic mass is 10.3. The number of para-hydroxylation sites is 1. The van der Waals surface area contributed by atoms with Crippen LogP contribution < -0.4 is 20.1 Å². The molecule has 0 radical (unpaired) electrons. The third-order valence-electron chi connectivity index (χ3n) is 3.58. The van der Waals surface area contributed by atoms with Crippen molar-refractivity contribution in [1.29, 1.82) is 0 Å². The molecule has 3 N–H and O–H groups in total. The largest absolute Gasteiger partial charge is 0.494 e. The molecule has 10 heteroatoms. The van der Waals surface area contributed by atoms with Crippen LogP contribution in [0.3, 0.4) is 0 Å². The maximum absolute atomic E-state index is 12.1. The Morgan fingerprint density at radius 1 is 1.10 bits per heavy atom. The summed E-state index contributed by atoms with van der Waals surface area (Å²) in [4.78, 5) is 8.44. The van der Waals surface area contributed by atoms with Crippen LogP contribution in [0, 0.1) is 0 Å². The molecule has 29 heavy (non-hydrogen) atoms. The van der Waals surface area contributed by atoms with Gasteiger partial charge < -0.3 is 15.4 Å². The summed E-state index contributed by atoms with van der Waals surface area (Å²) in [7, 11) is -3.55. The second-order valence-corrected chi connectivity index (χ2v) is 7.56. The molecule has 0 atom stereocenters. The molecule has 0 spiro atoms. The number of hydrogen-bond acceptors (Lipinski definition) is 5. The number of rotatable bonds is 11. The highest BCUT2D eigenvalue weighted by atomic mass is 127. The quantitative estimate of drug-likeness (QED) is 0.177. The van der Waals surface area contributed by atoms with Crippen LogP contribution in [0.4, 0.5) is 0 Å². The van der Waals surface area contributed by atoms with Crippen molar-refractivity contribution in [3.8, 4) is 5.75 Å². The van der Waals surface area contributed by atoms with Gasteiger partial charge in [0.1, 0.15) is 10.6 Å². The maximum atomic E-state index is 12.1. The Morgan fingerprint density at radius 2 is 1.90 bits per heavy atom. The van der Waals surface area contributed by atoms with Gasteiger partial charge in [-0.3, -0.25) is 9.98 Å². The van der Waals surface area contributed by atoms with Crippen molar-refractivity contribution in [2.24, 2.45) is 4.99 Å². The first-order valence-corrected chi connectivity index (χ1v) is 10.7. The number of aliphatic imine (C=N–C) groups is 1. The molecule has 0 aliphatic rings. The van der Waals surface area contributed by atoms with Gasteiger partial charge in [0.25, 0.3) is 0 Å². The molecule has 2 aromatic rings. The van der Waals surface area contributed by atoms with E-state index in [-0.39, 0.29) is 35.4 Å². The van der Waals surface area contributed by atoms with E-state index in [1.165, 1.54) is 18.5 Å². The number of hydrogen-bond donors (Lipinski definition) is 3. The Bertz CT molecular complexity index is 820. The van der Waals surface area contributed by atoms with Crippen molar-refractivity contribution in [1.82, 2.24) is 20.3 Å². The van der Waals surface area contributed by atoms with E-state index < -0.39 is 10.0 Å². The molecular formula is C19H28IN5O3S. The average Bonchev–Trinajstić information content (AvgIpc) is 2.72. The van der Waals surface area contributed by atoms with E-state index in [4.69, 9.17) is 4.74 Å². The molecule has 1 aromatic heterocycles. The lowest BCUT2D eigenvalue weighted by Crippen LogP contribution is -2.41. The van der Waals surface area contributed by atoms with Crippen LogP contribution in [0.25, 0.3) is 0 Å². The van der Waals surface area contributed by atoms with Crippen molar-refractivity contribution in [3.05, 3.63) is 54.9 Å². The predicted octanol–water partition coefficient (Wildman–Crippen LogP) is 2.00. The zero-order chi connectivity index (χ0) is 20.1. The molecule has 0 saturated carbocycles. The van der Waals surface area contributed by atoms with Gasteiger partial charge in [-0.25, -0.2) is 13.1 Å². The van der Waals surface area contributed by atoms with Gasteiger partial charge in [0, 0.05) is 45.0 Å². The summed E-state index contributed by atoms with van der Waals surface area (Å²) in [5, 5.41) is 6.24. The molecule has 2 rings (SSSR count). The van der Waals surface area contributed by atoms with Crippen LogP contribution in [-0.2, 0) is 10.0 Å². The Labute approximate surface area is 189 Å².